The van der Waals surface area contributed by atoms with Crippen molar-refractivity contribution < 1.29 is 0 Å². The monoisotopic (exact) mass is 382 g/mol. The zero-order valence-corrected chi connectivity index (χ0v) is 16.4. The Hall–Kier alpha value is -2.16. The normalized spacial score (nSPS) is 17.4. The molecule has 1 heterocycles. The second-order valence-electron chi connectivity index (χ2n) is 7.12. The molecule has 0 spiro atoms. The van der Waals surface area contributed by atoms with Crippen LogP contribution in [0.5, 0.6) is 0 Å². The van der Waals surface area contributed by atoms with Crippen LogP contribution < -0.4 is 0 Å². The lowest BCUT2D eigenvalue weighted by atomic mass is 9.87. The molecule has 0 fully saturated rings. The van der Waals surface area contributed by atoms with Crippen LogP contribution in [0, 0.1) is 0 Å². The molecule has 0 nitrogen and oxygen atoms in total. The fraction of sp³-hybridized carbons (Fsp3) is 0.120. The topological polar surface area (TPSA) is 0 Å². The largest absolute Gasteiger partial charge is 0.123 e. The van der Waals surface area contributed by atoms with E-state index in [2.05, 4.69) is 78.9 Å². The quantitative estimate of drug-likeness (QED) is 0.301. The second-order valence-corrected chi connectivity index (χ2v) is 9.33. The molecule has 0 N–H and O–H groups in total. The zero-order valence-electron chi connectivity index (χ0n) is 14.8. The third-order valence-electron chi connectivity index (χ3n) is 5.70. The molecule has 2 aliphatic rings. The van der Waals surface area contributed by atoms with Gasteiger partial charge in [0.05, 0.1) is 0 Å². The molecule has 130 valence electrons. The molecule has 1 aliphatic carbocycles. The number of rotatable bonds is 1. The van der Waals surface area contributed by atoms with E-state index in [4.69, 9.17) is 0 Å². The van der Waals surface area contributed by atoms with Gasteiger partial charge in [0, 0.05) is 32.8 Å². The molecule has 0 amide bonds. The molecule has 0 radical (unpaired) electrons. The minimum atomic E-state index is 0.320. The molecule has 0 saturated heterocycles. The first-order valence-corrected chi connectivity index (χ1v) is 11.4. The van der Waals surface area contributed by atoms with Gasteiger partial charge in [-0.2, -0.15) is 0 Å². The lowest BCUT2D eigenvalue weighted by Crippen LogP contribution is -2.02. The van der Waals surface area contributed by atoms with Crippen LogP contribution >= 0.6 is 23.5 Å². The summed E-state index contributed by atoms with van der Waals surface area (Å²) < 4.78 is 0. The smallest absolute Gasteiger partial charge is 0.0358 e. The van der Waals surface area contributed by atoms with Gasteiger partial charge in [0.15, 0.2) is 0 Å². The molecule has 0 bridgehead atoms. The van der Waals surface area contributed by atoms with Crippen molar-refractivity contribution in [1.82, 2.24) is 0 Å². The fourth-order valence-electron chi connectivity index (χ4n) is 4.67. The summed E-state index contributed by atoms with van der Waals surface area (Å²) in [6.07, 6.45) is 0. The van der Waals surface area contributed by atoms with Gasteiger partial charge in [0.25, 0.3) is 0 Å². The zero-order chi connectivity index (χ0) is 17.8. The maximum absolute atomic E-state index is 2.33. The van der Waals surface area contributed by atoms with Gasteiger partial charge in [0.1, 0.15) is 0 Å². The van der Waals surface area contributed by atoms with E-state index in [9.17, 15) is 0 Å². The van der Waals surface area contributed by atoms with Gasteiger partial charge in [-0.25, -0.2) is 0 Å². The Bertz CT molecular complexity index is 1180. The Morgan fingerprint density at radius 3 is 2.15 bits per heavy atom. The number of benzene rings is 4. The average molecular weight is 383 g/mol. The van der Waals surface area contributed by atoms with Gasteiger partial charge in [0.2, 0.25) is 0 Å². The Balaban J connectivity index is 1.79. The summed E-state index contributed by atoms with van der Waals surface area (Å²) in [6, 6.07) is 29.1. The van der Waals surface area contributed by atoms with E-state index >= 15 is 0 Å². The number of thioether (sulfide) groups is 2. The Morgan fingerprint density at radius 1 is 0.630 bits per heavy atom. The van der Waals surface area contributed by atoms with Crippen LogP contribution in [0.4, 0.5) is 0 Å². The van der Waals surface area contributed by atoms with E-state index in [0.717, 1.165) is 0 Å². The summed E-state index contributed by atoms with van der Waals surface area (Å²) in [5, 5.41) is 2.85. The predicted octanol–water partition coefficient (Wildman–Crippen LogP) is 7.20. The fourth-order valence-corrected chi connectivity index (χ4v) is 7.27. The highest BCUT2D eigenvalue weighted by Gasteiger charge is 2.35. The van der Waals surface area contributed by atoms with Crippen LogP contribution in [0.3, 0.4) is 0 Å². The highest BCUT2D eigenvalue weighted by atomic mass is 32.2. The van der Waals surface area contributed by atoms with Crippen molar-refractivity contribution in [3.63, 3.8) is 0 Å². The minimum absolute atomic E-state index is 0.320. The summed E-state index contributed by atoms with van der Waals surface area (Å²) in [5.41, 5.74) is 7.27. The molecule has 0 aromatic heterocycles. The highest BCUT2D eigenvalue weighted by Crippen LogP contribution is 2.57. The van der Waals surface area contributed by atoms with Gasteiger partial charge in [-0.15, -0.1) is 23.5 Å². The number of fused-ring (bicyclic) bond motifs is 8. The van der Waals surface area contributed by atoms with Crippen molar-refractivity contribution in [3.05, 3.63) is 95.6 Å². The van der Waals surface area contributed by atoms with E-state index in [1.165, 1.54) is 59.9 Å². The van der Waals surface area contributed by atoms with Gasteiger partial charge >= 0.3 is 0 Å². The first-order chi connectivity index (χ1) is 13.4. The average Bonchev–Trinajstić information content (AvgIpc) is 3.10. The minimum Gasteiger partial charge on any atom is -0.123 e. The molecule has 0 saturated carbocycles. The molecule has 1 unspecified atom stereocenters. The van der Waals surface area contributed by atoms with Crippen LogP contribution in [0.2, 0.25) is 0 Å². The summed E-state index contributed by atoms with van der Waals surface area (Å²) in [5.74, 6) is 2.71. The molecule has 1 aliphatic heterocycles. The second kappa shape index (κ2) is 6.19. The van der Waals surface area contributed by atoms with E-state index < -0.39 is 0 Å². The number of hydrogen-bond acceptors (Lipinski definition) is 2. The molecule has 27 heavy (non-hydrogen) atoms. The molecular weight excluding hydrogens is 364 g/mol. The molecule has 2 heteroatoms. The van der Waals surface area contributed by atoms with Gasteiger partial charge in [-0.05, 0) is 33.0 Å². The van der Waals surface area contributed by atoms with E-state index in [1.807, 2.05) is 23.5 Å². The maximum atomic E-state index is 2.33. The molecule has 6 rings (SSSR count). The summed E-state index contributed by atoms with van der Waals surface area (Å²) in [4.78, 5) is 3.00. The van der Waals surface area contributed by atoms with Crippen LogP contribution in [0.15, 0.2) is 88.7 Å². The standard InChI is InChI=1S/C25H18S2/c1-2-8-16(9-3-1)21-17-10-4-5-11-18(17)23-22(21)19-12-6-7-13-20(19)24-25(23)27-15-14-26-24/h1-13,21H,14-15H2. The van der Waals surface area contributed by atoms with Gasteiger partial charge in [-0.1, -0.05) is 78.9 Å². The first-order valence-electron chi connectivity index (χ1n) is 9.42. The van der Waals surface area contributed by atoms with Crippen LogP contribution in [0.1, 0.15) is 22.6 Å². The van der Waals surface area contributed by atoms with E-state index in [0.29, 0.717) is 5.92 Å². The predicted molar refractivity (Wildman–Crippen MR) is 118 cm³/mol. The first kappa shape index (κ1) is 15.9. The molecule has 4 aromatic carbocycles. The summed E-state index contributed by atoms with van der Waals surface area (Å²) >= 11 is 4.08. The Kier molecular flexibility index (Phi) is 3.63. The third-order valence-corrected chi connectivity index (χ3v) is 8.32. The van der Waals surface area contributed by atoms with Crippen LogP contribution in [0.25, 0.3) is 21.9 Å². The highest BCUT2D eigenvalue weighted by molar-refractivity contribution is 8.05. The molecule has 4 aromatic rings. The van der Waals surface area contributed by atoms with Crippen LogP contribution in [-0.4, -0.2) is 11.5 Å². The van der Waals surface area contributed by atoms with Crippen molar-refractivity contribution in [2.24, 2.45) is 0 Å². The maximum Gasteiger partial charge on any atom is 0.0358 e. The van der Waals surface area contributed by atoms with Crippen LogP contribution in [-0.2, 0) is 0 Å². The molecule has 1 atom stereocenters. The molecular formula is C25H18S2. The Morgan fingerprint density at radius 2 is 1.30 bits per heavy atom. The third kappa shape index (κ3) is 2.27. The number of hydrogen-bond donors (Lipinski definition) is 0. The summed E-state index contributed by atoms with van der Waals surface area (Å²) in [6.45, 7) is 0. The van der Waals surface area contributed by atoms with E-state index in [-0.39, 0.29) is 0 Å². The lowest BCUT2D eigenvalue weighted by molar-refractivity contribution is 1.02. The lowest BCUT2D eigenvalue weighted by Gasteiger charge is -2.23. The van der Waals surface area contributed by atoms with Crippen molar-refractivity contribution >= 4 is 34.3 Å². The van der Waals surface area contributed by atoms with Crippen molar-refractivity contribution in [1.29, 1.82) is 0 Å². The Labute approximate surface area is 168 Å². The van der Waals surface area contributed by atoms with Crippen molar-refractivity contribution in [3.8, 4) is 11.1 Å². The van der Waals surface area contributed by atoms with Crippen molar-refractivity contribution in [2.75, 3.05) is 11.5 Å². The van der Waals surface area contributed by atoms with E-state index in [1.54, 1.807) is 0 Å². The van der Waals surface area contributed by atoms with Gasteiger partial charge in [-0.3, -0.25) is 0 Å². The van der Waals surface area contributed by atoms with Gasteiger partial charge < -0.3 is 0 Å². The SMILES string of the molecule is c1ccc(C2c3ccccc3-c3c4c(c5ccccc5c32)SCCS4)cc1. The van der Waals surface area contributed by atoms with Crippen molar-refractivity contribution in [2.45, 2.75) is 15.7 Å². The summed E-state index contributed by atoms with van der Waals surface area (Å²) in [7, 11) is 0.